The van der Waals surface area contributed by atoms with Crippen LogP contribution in [-0.2, 0) is 4.74 Å². The first kappa shape index (κ1) is 16.6. The van der Waals surface area contributed by atoms with Crippen LogP contribution in [0.2, 0.25) is 0 Å². The Hall–Kier alpha value is -3.22. The highest BCUT2D eigenvalue weighted by Gasteiger charge is 2.22. The zero-order valence-electron chi connectivity index (χ0n) is 13.2. The van der Waals surface area contributed by atoms with Gasteiger partial charge in [0.05, 0.1) is 17.9 Å². The maximum absolute atomic E-state index is 13.8. The molecule has 0 saturated heterocycles. The van der Waals surface area contributed by atoms with Crippen molar-refractivity contribution in [2.24, 2.45) is 0 Å². The van der Waals surface area contributed by atoms with Crippen molar-refractivity contribution in [3.8, 4) is 0 Å². The Balaban J connectivity index is 2.08. The van der Waals surface area contributed by atoms with Crippen LogP contribution in [0.1, 0.15) is 27.8 Å². The molecule has 5 nitrogen and oxygen atoms in total. The lowest BCUT2D eigenvalue weighted by Crippen LogP contribution is -2.16. The molecule has 0 aliphatic heterocycles. The Bertz CT molecular complexity index is 966. The van der Waals surface area contributed by atoms with E-state index in [1.54, 1.807) is 6.92 Å². The molecule has 2 N–H and O–H groups in total. The molecule has 0 aliphatic rings. The van der Waals surface area contributed by atoms with Gasteiger partial charge in [-0.2, -0.15) is 0 Å². The van der Waals surface area contributed by atoms with Gasteiger partial charge >= 0.3 is 5.97 Å². The van der Waals surface area contributed by atoms with Crippen LogP contribution in [0.3, 0.4) is 0 Å². The molecular weight excluding hydrogens is 330 g/mol. The number of aromatic amines is 1. The van der Waals surface area contributed by atoms with Crippen molar-refractivity contribution in [2.75, 3.05) is 11.9 Å². The summed E-state index contributed by atoms with van der Waals surface area (Å²) in [4.78, 5) is 27.3. The Labute approximate surface area is 141 Å². The number of nitrogens with one attached hydrogen (secondary N) is 2. The summed E-state index contributed by atoms with van der Waals surface area (Å²) in [7, 11) is 0. The first-order valence-electron chi connectivity index (χ1n) is 7.55. The van der Waals surface area contributed by atoms with Crippen LogP contribution in [0, 0.1) is 11.6 Å². The van der Waals surface area contributed by atoms with E-state index in [4.69, 9.17) is 4.74 Å². The Morgan fingerprint density at radius 2 is 1.92 bits per heavy atom. The van der Waals surface area contributed by atoms with Crippen LogP contribution >= 0.6 is 0 Å². The van der Waals surface area contributed by atoms with E-state index in [0.717, 1.165) is 6.07 Å². The Morgan fingerprint density at radius 3 is 2.64 bits per heavy atom. The fraction of sp³-hybridized carbons (Fsp3) is 0.111. The molecule has 0 bridgehead atoms. The molecular formula is C18H14F2N2O3. The standard InChI is InChI=1S/C18H14F2N2O3/c1-2-25-18(24)16-15(12-9-10(19)7-8-14(12)21-16)22-17(23)11-5-3-4-6-13(11)20/h3-9,21H,2H2,1H3,(H,22,23). The Morgan fingerprint density at radius 1 is 1.16 bits per heavy atom. The number of aromatic nitrogens is 1. The number of ether oxygens (including phenoxy) is 1. The summed E-state index contributed by atoms with van der Waals surface area (Å²) in [6, 6.07) is 9.25. The number of hydrogen-bond donors (Lipinski definition) is 2. The number of carbonyl (C=O) groups excluding carboxylic acids is 2. The second kappa shape index (κ2) is 6.72. The van der Waals surface area contributed by atoms with Crippen LogP contribution in [0.5, 0.6) is 0 Å². The lowest BCUT2D eigenvalue weighted by molar-refractivity contribution is 0.0522. The van der Waals surface area contributed by atoms with E-state index in [2.05, 4.69) is 10.3 Å². The third kappa shape index (κ3) is 3.21. The molecule has 128 valence electrons. The third-order valence-corrected chi connectivity index (χ3v) is 3.60. The van der Waals surface area contributed by atoms with Gasteiger partial charge in [0.1, 0.15) is 17.3 Å². The molecule has 0 atom stereocenters. The molecule has 3 aromatic rings. The number of amides is 1. The minimum Gasteiger partial charge on any atom is -0.461 e. The largest absolute Gasteiger partial charge is 0.461 e. The van der Waals surface area contributed by atoms with E-state index in [9.17, 15) is 18.4 Å². The topological polar surface area (TPSA) is 71.2 Å². The average Bonchev–Trinajstić information content (AvgIpc) is 2.93. The zero-order chi connectivity index (χ0) is 18.0. The summed E-state index contributed by atoms with van der Waals surface area (Å²) in [6.07, 6.45) is 0. The summed E-state index contributed by atoms with van der Waals surface area (Å²) in [5.41, 5.74) is 0.254. The lowest BCUT2D eigenvalue weighted by atomic mass is 10.1. The SMILES string of the molecule is CCOC(=O)c1[nH]c2ccc(F)cc2c1NC(=O)c1ccccc1F. The molecule has 2 aromatic carbocycles. The van der Waals surface area contributed by atoms with E-state index in [0.29, 0.717) is 5.52 Å². The molecule has 3 rings (SSSR count). The van der Waals surface area contributed by atoms with Gasteiger partial charge < -0.3 is 15.0 Å². The first-order valence-corrected chi connectivity index (χ1v) is 7.55. The van der Waals surface area contributed by atoms with Gasteiger partial charge in [0.2, 0.25) is 0 Å². The van der Waals surface area contributed by atoms with Crippen molar-refractivity contribution in [3.05, 3.63) is 65.4 Å². The second-order valence-corrected chi connectivity index (χ2v) is 5.22. The van der Waals surface area contributed by atoms with Gasteiger partial charge in [0, 0.05) is 10.9 Å². The molecule has 1 heterocycles. The number of carbonyl (C=O) groups is 2. The number of anilines is 1. The van der Waals surface area contributed by atoms with E-state index >= 15 is 0 Å². The molecule has 0 unspecified atom stereocenters. The maximum atomic E-state index is 13.8. The minimum atomic E-state index is -0.756. The Kier molecular flexibility index (Phi) is 4.47. The molecule has 7 heteroatoms. The highest BCUT2D eigenvalue weighted by molar-refractivity contribution is 6.14. The molecule has 0 spiro atoms. The smallest absolute Gasteiger partial charge is 0.356 e. The number of fused-ring (bicyclic) bond motifs is 1. The van der Waals surface area contributed by atoms with Crippen LogP contribution in [-0.4, -0.2) is 23.5 Å². The number of hydrogen-bond acceptors (Lipinski definition) is 3. The molecule has 0 saturated carbocycles. The van der Waals surface area contributed by atoms with Gasteiger partial charge in [-0.3, -0.25) is 4.79 Å². The van der Waals surface area contributed by atoms with Crippen LogP contribution in [0.4, 0.5) is 14.5 Å². The fourth-order valence-corrected chi connectivity index (χ4v) is 2.48. The third-order valence-electron chi connectivity index (χ3n) is 3.60. The molecule has 25 heavy (non-hydrogen) atoms. The normalized spacial score (nSPS) is 10.7. The van der Waals surface area contributed by atoms with Crippen molar-refractivity contribution in [1.29, 1.82) is 0 Å². The fourth-order valence-electron chi connectivity index (χ4n) is 2.48. The monoisotopic (exact) mass is 344 g/mol. The van der Waals surface area contributed by atoms with Gasteiger partial charge in [-0.25, -0.2) is 13.6 Å². The van der Waals surface area contributed by atoms with E-state index < -0.39 is 23.5 Å². The molecule has 0 fully saturated rings. The highest BCUT2D eigenvalue weighted by Crippen LogP contribution is 2.29. The molecule has 0 aliphatic carbocycles. The number of benzene rings is 2. The van der Waals surface area contributed by atoms with Crippen molar-refractivity contribution >= 4 is 28.5 Å². The average molecular weight is 344 g/mol. The lowest BCUT2D eigenvalue weighted by Gasteiger charge is -2.08. The molecule has 1 amide bonds. The number of esters is 1. The number of halogens is 2. The zero-order valence-corrected chi connectivity index (χ0v) is 13.2. The van der Waals surface area contributed by atoms with Gasteiger partial charge in [0.15, 0.2) is 0 Å². The van der Waals surface area contributed by atoms with E-state index in [-0.39, 0.29) is 28.9 Å². The summed E-state index contributed by atoms with van der Waals surface area (Å²) in [6.45, 7) is 1.76. The minimum absolute atomic E-state index is 0.0351. The second-order valence-electron chi connectivity index (χ2n) is 5.22. The maximum Gasteiger partial charge on any atom is 0.356 e. The van der Waals surface area contributed by atoms with Gasteiger partial charge in [-0.05, 0) is 37.3 Å². The predicted octanol–water partition coefficient (Wildman–Crippen LogP) is 3.88. The quantitative estimate of drug-likeness (QED) is 0.706. The first-order chi connectivity index (χ1) is 12.0. The van der Waals surface area contributed by atoms with Crippen molar-refractivity contribution < 1.29 is 23.1 Å². The summed E-state index contributed by atoms with van der Waals surface area (Å²) in [5.74, 6) is -2.70. The van der Waals surface area contributed by atoms with Gasteiger partial charge in [-0.1, -0.05) is 12.1 Å². The van der Waals surface area contributed by atoms with E-state index in [1.807, 2.05) is 0 Å². The molecule has 1 aromatic heterocycles. The van der Waals surface area contributed by atoms with Crippen molar-refractivity contribution in [2.45, 2.75) is 6.92 Å². The van der Waals surface area contributed by atoms with Crippen LogP contribution < -0.4 is 5.32 Å². The van der Waals surface area contributed by atoms with Crippen molar-refractivity contribution in [3.63, 3.8) is 0 Å². The summed E-state index contributed by atoms with van der Waals surface area (Å²) >= 11 is 0. The van der Waals surface area contributed by atoms with Crippen molar-refractivity contribution in [1.82, 2.24) is 4.98 Å². The predicted molar refractivity (Wildman–Crippen MR) is 88.6 cm³/mol. The number of rotatable bonds is 4. The van der Waals surface area contributed by atoms with Gasteiger partial charge in [-0.15, -0.1) is 0 Å². The summed E-state index contributed by atoms with van der Waals surface area (Å²) < 4.78 is 32.4. The van der Waals surface area contributed by atoms with Gasteiger partial charge in [0.25, 0.3) is 5.91 Å². The summed E-state index contributed by atoms with van der Waals surface area (Å²) in [5, 5.41) is 2.76. The van der Waals surface area contributed by atoms with Crippen LogP contribution in [0.15, 0.2) is 42.5 Å². The van der Waals surface area contributed by atoms with Crippen LogP contribution in [0.25, 0.3) is 10.9 Å². The molecule has 0 radical (unpaired) electrons. The number of H-pyrrole nitrogens is 1. The van der Waals surface area contributed by atoms with E-state index in [1.165, 1.54) is 36.4 Å². The highest BCUT2D eigenvalue weighted by atomic mass is 19.1.